The zero-order valence-corrected chi connectivity index (χ0v) is 9.63. The molecule has 0 unspecified atom stereocenters. The van der Waals surface area contributed by atoms with E-state index in [1.165, 1.54) is 6.20 Å². The molecule has 2 aromatic rings. The molecule has 0 saturated carbocycles. The quantitative estimate of drug-likeness (QED) is 0.757. The molecule has 2 heterocycles. The van der Waals surface area contributed by atoms with Gasteiger partial charge >= 0.3 is 6.18 Å². The average molecular weight is 310 g/mol. The Bertz CT molecular complexity index is 549. The fourth-order valence-electron chi connectivity index (χ4n) is 1.16. The Balaban J connectivity index is 2.44. The molecule has 0 amide bonds. The van der Waals surface area contributed by atoms with Crippen molar-refractivity contribution in [1.82, 2.24) is 14.8 Å². The van der Waals surface area contributed by atoms with Crippen molar-refractivity contribution in [3.63, 3.8) is 0 Å². The van der Waals surface area contributed by atoms with E-state index in [1.54, 1.807) is 0 Å². The van der Waals surface area contributed by atoms with Crippen LogP contribution in [0.5, 0.6) is 0 Å². The van der Waals surface area contributed by atoms with Gasteiger partial charge in [0.05, 0.1) is 11.8 Å². The lowest BCUT2D eigenvalue weighted by Crippen LogP contribution is -2.04. The third-order valence-electron chi connectivity index (χ3n) is 1.92. The fourth-order valence-corrected chi connectivity index (χ4v) is 1.46. The molecular weight excluding hydrogens is 306 g/mol. The molecule has 0 bridgehead atoms. The lowest BCUT2D eigenvalue weighted by molar-refractivity contribution is -0.137. The summed E-state index contributed by atoms with van der Waals surface area (Å²) in [7, 11) is 0. The van der Waals surface area contributed by atoms with E-state index in [0.717, 1.165) is 10.7 Å². The van der Waals surface area contributed by atoms with Crippen LogP contribution in [-0.4, -0.2) is 14.8 Å². The summed E-state index contributed by atoms with van der Waals surface area (Å²) < 4.78 is 51.5. The Morgan fingerprint density at radius 3 is 2.47 bits per heavy atom. The number of hydrogen-bond donors (Lipinski definition) is 0. The first-order valence-electron chi connectivity index (χ1n) is 4.31. The molecule has 0 aromatic carbocycles. The second-order valence-electron chi connectivity index (χ2n) is 3.13. The third-order valence-corrected chi connectivity index (χ3v) is 2.35. The zero-order valence-electron chi connectivity index (χ0n) is 8.04. The van der Waals surface area contributed by atoms with Crippen LogP contribution in [-0.2, 0) is 6.18 Å². The maximum Gasteiger partial charge on any atom is 0.419 e. The number of aromatic nitrogens is 3. The predicted molar refractivity (Wildman–Crippen MR) is 54.0 cm³/mol. The number of alkyl halides is 3. The normalized spacial score (nSPS) is 11.8. The number of pyridine rings is 1. The van der Waals surface area contributed by atoms with Crippen LogP contribution < -0.4 is 0 Å². The molecule has 2 aromatic heterocycles. The third kappa shape index (κ3) is 2.46. The lowest BCUT2D eigenvalue weighted by atomic mass is 10.3. The average Bonchev–Trinajstić information content (AvgIpc) is 2.65. The minimum Gasteiger partial charge on any atom is -0.233 e. The Hall–Kier alpha value is -1.44. The van der Waals surface area contributed by atoms with Crippen molar-refractivity contribution in [3.05, 3.63) is 40.5 Å². The van der Waals surface area contributed by atoms with Gasteiger partial charge in [-0.05, 0) is 22.0 Å². The van der Waals surface area contributed by atoms with Gasteiger partial charge in [0.15, 0.2) is 11.6 Å². The van der Waals surface area contributed by atoms with Gasteiger partial charge in [-0.1, -0.05) is 0 Å². The molecule has 0 fully saturated rings. The summed E-state index contributed by atoms with van der Waals surface area (Å²) in [6, 6.07) is 1.09. The van der Waals surface area contributed by atoms with Gasteiger partial charge in [-0.25, -0.2) is 14.1 Å². The number of nitrogens with zero attached hydrogens (tertiary/aromatic N) is 3. The van der Waals surface area contributed by atoms with E-state index < -0.39 is 17.6 Å². The van der Waals surface area contributed by atoms with Crippen molar-refractivity contribution >= 4 is 15.9 Å². The summed E-state index contributed by atoms with van der Waals surface area (Å²) in [6.07, 6.45) is -1.94. The van der Waals surface area contributed by atoms with Crippen molar-refractivity contribution < 1.29 is 17.6 Å². The molecule has 0 aliphatic heterocycles. The summed E-state index contributed by atoms with van der Waals surface area (Å²) in [5.41, 5.74) is -0.957. The van der Waals surface area contributed by atoms with Crippen LogP contribution in [0, 0.1) is 5.82 Å². The fraction of sp³-hybridized carbons (Fsp3) is 0.111. The molecule has 0 radical (unpaired) electrons. The molecule has 0 aliphatic rings. The molecular formula is C9H4BrF4N3. The van der Waals surface area contributed by atoms with Crippen LogP contribution >= 0.6 is 15.9 Å². The molecule has 0 aliphatic carbocycles. The van der Waals surface area contributed by atoms with Crippen molar-refractivity contribution in [2.24, 2.45) is 0 Å². The highest BCUT2D eigenvalue weighted by atomic mass is 79.9. The highest BCUT2D eigenvalue weighted by Gasteiger charge is 2.32. The zero-order chi connectivity index (χ0) is 12.6. The minimum absolute atomic E-state index is 0.288. The van der Waals surface area contributed by atoms with Crippen LogP contribution in [0.15, 0.2) is 29.1 Å². The van der Waals surface area contributed by atoms with Crippen LogP contribution in [0.3, 0.4) is 0 Å². The van der Waals surface area contributed by atoms with E-state index in [2.05, 4.69) is 26.0 Å². The standard InChI is InChI=1S/C9H4BrF4N3/c10-6-1-7(11)8(15-3-6)17-4-5(2-16-17)9(12,13)14/h1-4H. The van der Waals surface area contributed by atoms with Gasteiger partial charge in [0.1, 0.15) is 0 Å². The van der Waals surface area contributed by atoms with E-state index in [0.29, 0.717) is 16.9 Å². The summed E-state index contributed by atoms with van der Waals surface area (Å²) >= 11 is 2.99. The molecule has 0 atom stereocenters. The molecule has 0 spiro atoms. The van der Waals surface area contributed by atoms with Crippen molar-refractivity contribution in [2.75, 3.05) is 0 Å². The van der Waals surface area contributed by atoms with Gasteiger partial charge in [0.2, 0.25) is 0 Å². The maximum atomic E-state index is 13.4. The molecule has 17 heavy (non-hydrogen) atoms. The second-order valence-corrected chi connectivity index (χ2v) is 4.05. The van der Waals surface area contributed by atoms with E-state index >= 15 is 0 Å². The summed E-state index contributed by atoms with van der Waals surface area (Å²) in [5.74, 6) is -1.06. The highest BCUT2D eigenvalue weighted by molar-refractivity contribution is 9.10. The van der Waals surface area contributed by atoms with Crippen LogP contribution in [0.25, 0.3) is 5.82 Å². The molecule has 3 nitrogen and oxygen atoms in total. The van der Waals surface area contributed by atoms with E-state index in [9.17, 15) is 17.6 Å². The van der Waals surface area contributed by atoms with Gasteiger partial charge in [0, 0.05) is 16.9 Å². The van der Waals surface area contributed by atoms with E-state index in [1.807, 2.05) is 0 Å². The van der Waals surface area contributed by atoms with E-state index in [4.69, 9.17) is 0 Å². The van der Waals surface area contributed by atoms with Gasteiger partial charge in [-0.2, -0.15) is 18.3 Å². The van der Waals surface area contributed by atoms with E-state index in [-0.39, 0.29) is 5.82 Å². The number of halogens is 5. The van der Waals surface area contributed by atoms with Crippen LogP contribution in [0.1, 0.15) is 5.56 Å². The highest BCUT2D eigenvalue weighted by Crippen LogP contribution is 2.29. The number of hydrogen-bond acceptors (Lipinski definition) is 2. The van der Waals surface area contributed by atoms with Gasteiger partial charge in [-0.3, -0.25) is 0 Å². The molecule has 0 N–H and O–H groups in total. The van der Waals surface area contributed by atoms with Crippen LogP contribution in [0.2, 0.25) is 0 Å². The Morgan fingerprint density at radius 1 is 1.24 bits per heavy atom. The Morgan fingerprint density at radius 2 is 1.94 bits per heavy atom. The summed E-state index contributed by atoms with van der Waals surface area (Å²) in [6.45, 7) is 0. The predicted octanol–water partition coefficient (Wildman–Crippen LogP) is 3.19. The SMILES string of the molecule is Fc1cc(Br)cnc1-n1cc(C(F)(F)F)cn1. The van der Waals surface area contributed by atoms with Crippen molar-refractivity contribution in [2.45, 2.75) is 6.18 Å². The molecule has 90 valence electrons. The first-order valence-corrected chi connectivity index (χ1v) is 5.10. The van der Waals surface area contributed by atoms with Crippen LogP contribution in [0.4, 0.5) is 17.6 Å². The Kier molecular flexibility index (Phi) is 2.90. The lowest BCUT2D eigenvalue weighted by Gasteiger charge is -2.03. The topological polar surface area (TPSA) is 30.7 Å². The first-order chi connectivity index (χ1) is 7.88. The smallest absolute Gasteiger partial charge is 0.233 e. The van der Waals surface area contributed by atoms with Crippen molar-refractivity contribution in [1.29, 1.82) is 0 Å². The number of rotatable bonds is 1. The molecule has 0 saturated heterocycles. The van der Waals surface area contributed by atoms with Crippen molar-refractivity contribution in [3.8, 4) is 5.82 Å². The van der Waals surface area contributed by atoms with Gasteiger partial charge < -0.3 is 0 Å². The summed E-state index contributed by atoms with van der Waals surface area (Å²) in [5, 5.41) is 3.42. The largest absolute Gasteiger partial charge is 0.419 e. The molecule has 2 rings (SSSR count). The second kappa shape index (κ2) is 4.10. The molecule has 8 heteroatoms. The minimum atomic E-state index is -4.51. The Labute approximate surface area is 101 Å². The van der Waals surface area contributed by atoms with Gasteiger partial charge in [-0.15, -0.1) is 0 Å². The summed E-state index contributed by atoms with van der Waals surface area (Å²) in [4.78, 5) is 3.65. The maximum absolute atomic E-state index is 13.4. The van der Waals surface area contributed by atoms with Gasteiger partial charge in [0.25, 0.3) is 0 Å². The monoisotopic (exact) mass is 309 g/mol. The first kappa shape index (κ1) is 12.0.